The zero-order chi connectivity index (χ0) is 23.9. The summed E-state index contributed by atoms with van der Waals surface area (Å²) in [4.78, 5) is 39.2. The number of carbonyl (C=O) groups excluding carboxylic acids is 3. The number of aromatic hydroxyl groups is 1. The van der Waals surface area contributed by atoms with Crippen molar-refractivity contribution in [2.75, 3.05) is 13.2 Å². The maximum atomic E-state index is 12.8. The van der Waals surface area contributed by atoms with Crippen molar-refractivity contribution in [2.45, 2.75) is 25.5 Å². The van der Waals surface area contributed by atoms with Crippen molar-refractivity contribution in [1.29, 1.82) is 0 Å². The number of aliphatic hydroxyl groups is 1. The molecule has 2 aliphatic rings. The van der Waals surface area contributed by atoms with E-state index in [1.54, 1.807) is 25.1 Å². The molecular weight excluding hydrogens is 428 g/mol. The largest absolute Gasteiger partial charge is 0.494 e. The Hall–Kier alpha value is -3.85. The molecular formula is C24H24N2O7. The number of β-lactam (4-membered cyclic amide) rings is 1. The maximum Gasteiger partial charge on any atom is 0.421 e. The van der Waals surface area contributed by atoms with Crippen molar-refractivity contribution >= 4 is 34.4 Å². The first-order valence-electron chi connectivity index (χ1n) is 10.4. The Morgan fingerprint density at radius 1 is 1.21 bits per heavy atom. The highest BCUT2D eigenvalue weighted by molar-refractivity contribution is 6.07. The van der Waals surface area contributed by atoms with Crippen molar-refractivity contribution in [3.63, 3.8) is 0 Å². The van der Waals surface area contributed by atoms with Crippen molar-refractivity contribution in [3.05, 3.63) is 60.8 Å². The second-order valence-electron chi connectivity index (χ2n) is 7.94. The van der Waals surface area contributed by atoms with Gasteiger partial charge in [-0.1, -0.05) is 31.4 Å². The molecule has 172 valence electrons. The third-order valence-corrected chi connectivity index (χ3v) is 5.89. The fourth-order valence-corrected chi connectivity index (χ4v) is 4.49. The molecule has 4 rings (SSSR count). The molecule has 0 saturated carbocycles. The lowest BCUT2D eigenvalue weighted by atomic mass is 9.82. The average molecular weight is 452 g/mol. The third-order valence-electron chi connectivity index (χ3n) is 5.89. The second-order valence-corrected chi connectivity index (χ2v) is 7.94. The van der Waals surface area contributed by atoms with Gasteiger partial charge in [0.05, 0.1) is 23.6 Å². The molecule has 2 aromatic rings. The Kier molecular flexibility index (Phi) is 5.82. The van der Waals surface area contributed by atoms with Crippen LogP contribution >= 0.6 is 0 Å². The van der Waals surface area contributed by atoms with Crippen molar-refractivity contribution in [3.8, 4) is 5.88 Å². The molecule has 0 radical (unpaired) electrons. The van der Waals surface area contributed by atoms with Crippen LogP contribution in [0.2, 0.25) is 0 Å². The molecule has 3 atom stereocenters. The number of benzene rings is 1. The number of nitrogens with zero attached hydrogens (tertiary/aromatic N) is 2. The van der Waals surface area contributed by atoms with E-state index >= 15 is 0 Å². The van der Waals surface area contributed by atoms with Crippen LogP contribution in [0.3, 0.4) is 0 Å². The summed E-state index contributed by atoms with van der Waals surface area (Å²) in [6.07, 6.45) is 1.62. The zero-order valence-corrected chi connectivity index (χ0v) is 18.1. The molecule has 33 heavy (non-hydrogen) atoms. The van der Waals surface area contributed by atoms with Crippen LogP contribution in [0.4, 0.5) is 4.79 Å². The molecule has 0 unspecified atom stereocenters. The number of aliphatic hydroxyl groups excluding tert-OH is 1. The van der Waals surface area contributed by atoms with Crippen molar-refractivity contribution < 1.29 is 34.1 Å². The Bertz CT molecular complexity index is 1210. The molecule has 1 aromatic heterocycles. The summed E-state index contributed by atoms with van der Waals surface area (Å²) in [6.45, 7) is 8.57. The van der Waals surface area contributed by atoms with Crippen LogP contribution in [0.15, 0.2) is 55.3 Å². The van der Waals surface area contributed by atoms with Gasteiger partial charge in [0, 0.05) is 11.5 Å². The number of hydrogen-bond acceptors (Lipinski definition) is 7. The molecule has 0 spiro atoms. The van der Waals surface area contributed by atoms with E-state index in [0.29, 0.717) is 28.5 Å². The van der Waals surface area contributed by atoms with E-state index in [0.717, 1.165) is 4.57 Å². The summed E-state index contributed by atoms with van der Waals surface area (Å²) in [5.74, 6) is -1.88. The number of fused-ring (bicyclic) bond motifs is 2. The number of carbonyl (C=O) groups is 3. The molecule has 0 bridgehead atoms. The highest BCUT2D eigenvalue weighted by atomic mass is 16.6. The molecule has 1 aromatic carbocycles. The number of ether oxygens (including phenoxy) is 2. The lowest BCUT2D eigenvalue weighted by Crippen LogP contribution is -2.61. The highest BCUT2D eigenvalue weighted by Crippen LogP contribution is 2.47. The Morgan fingerprint density at radius 3 is 2.58 bits per heavy atom. The molecule has 0 aliphatic carbocycles. The minimum absolute atomic E-state index is 0.00516. The molecule has 1 saturated heterocycles. The first-order chi connectivity index (χ1) is 15.8. The van der Waals surface area contributed by atoms with Gasteiger partial charge < -0.3 is 24.6 Å². The number of esters is 1. The summed E-state index contributed by atoms with van der Waals surface area (Å²) < 4.78 is 11.3. The lowest BCUT2D eigenvalue weighted by Gasteiger charge is -2.44. The van der Waals surface area contributed by atoms with Gasteiger partial charge in [-0.25, -0.2) is 14.2 Å². The van der Waals surface area contributed by atoms with Crippen LogP contribution in [0.1, 0.15) is 18.9 Å². The van der Waals surface area contributed by atoms with E-state index in [2.05, 4.69) is 13.2 Å². The monoisotopic (exact) mass is 452 g/mol. The van der Waals surface area contributed by atoms with Crippen molar-refractivity contribution in [2.24, 2.45) is 5.92 Å². The Morgan fingerprint density at radius 2 is 1.91 bits per heavy atom. The molecule has 1 amide bonds. The van der Waals surface area contributed by atoms with E-state index in [1.165, 1.54) is 23.1 Å². The van der Waals surface area contributed by atoms with Crippen LogP contribution in [0, 0.1) is 5.92 Å². The van der Waals surface area contributed by atoms with E-state index in [1.807, 2.05) is 0 Å². The Balaban J connectivity index is 1.76. The first-order valence-corrected chi connectivity index (χ1v) is 10.4. The van der Waals surface area contributed by atoms with Crippen LogP contribution in [-0.4, -0.2) is 63.0 Å². The maximum absolute atomic E-state index is 12.8. The number of hydrogen-bond donors (Lipinski definition) is 2. The highest BCUT2D eigenvalue weighted by Gasteiger charge is 2.57. The molecule has 2 N–H and O–H groups in total. The summed E-state index contributed by atoms with van der Waals surface area (Å²) in [7, 11) is 0. The van der Waals surface area contributed by atoms with Crippen LogP contribution in [-0.2, 0) is 19.1 Å². The third kappa shape index (κ3) is 3.60. The standard InChI is InChI=1S/C24H24N2O7/c1-4-8-32-23(30)21-16(12-18-20(13(3)27)22(29)26(18)21)14-6-7-17-15(10-14)11-19(28)25(17)24(31)33-9-5-2/h4-7,10-11,13,18,20,27-28H,1-2,8-9,12H2,3H3/t13-,18-,20-/m1/s1. The molecule has 3 heterocycles. The summed E-state index contributed by atoms with van der Waals surface area (Å²) in [6, 6.07) is 6.11. The quantitative estimate of drug-likeness (QED) is 0.377. The van der Waals surface area contributed by atoms with Gasteiger partial charge >= 0.3 is 12.1 Å². The van der Waals surface area contributed by atoms with Crippen LogP contribution in [0.5, 0.6) is 5.88 Å². The van der Waals surface area contributed by atoms with Gasteiger partial charge in [0.15, 0.2) is 0 Å². The minimum atomic E-state index is -0.849. The number of rotatable bonds is 7. The SMILES string of the molecule is C=CCOC(=O)C1=C(c2ccc3c(c2)cc(O)n3C(=O)OCC=C)C[C@@H]2[C@@H]([C@@H](C)O)C(=O)N12. The van der Waals surface area contributed by atoms with E-state index in [9.17, 15) is 24.6 Å². The van der Waals surface area contributed by atoms with Gasteiger partial charge in [-0.15, -0.1) is 0 Å². The molecule has 9 heteroatoms. The van der Waals surface area contributed by atoms with Gasteiger partial charge in [0.25, 0.3) is 0 Å². The predicted octanol–water partition coefficient (Wildman–Crippen LogP) is 2.57. The predicted molar refractivity (Wildman–Crippen MR) is 119 cm³/mol. The van der Waals surface area contributed by atoms with E-state index in [4.69, 9.17) is 9.47 Å². The summed E-state index contributed by atoms with van der Waals surface area (Å²) >= 11 is 0. The molecule has 1 fully saturated rings. The topological polar surface area (TPSA) is 118 Å². The number of amides is 1. The zero-order valence-electron chi connectivity index (χ0n) is 18.1. The molecule has 9 nitrogen and oxygen atoms in total. The minimum Gasteiger partial charge on any atom is -0.494 e. The average Bonchev–Trinajstić information content (AvgIpc) is 3.29. The van der Waals surface area contributed by atoms with Crippen molar-refractivity contribution in [1.82, 2.24) is 9.47 Å². The first kappa shape index (κ1) is 22.3. The smallest absolute Gasteiger partial charge is 0.421 e. The second kappa shape index (κ2) is 8.59. The molecule has 2 aliphatic heterocycles. The lowest BCUT2D eigenvalue weighted by molar-refractivity contribution is -0.162. The summed E-state index contributed by atoms with van der Waals surface area (Å²) in [5, 5.41) is 20.8. The van der Waals surface area contributed by atoms with Crippen LogP contribution < -0.4 is 0 Å². The van der Waals surface area contributed by atoms with Gasteiger partial charge in [-0.05, 0) is 36.6 Å². The fourth-order valence-electron chi connectivity index (χ4n) is 4.49. The van der Waals surface area contributed by atoms with Gasteiger partial charge in [-0.3, -0.25) is 4.79 Å². The van der Waals surface area contributed by atoms with E-state index < -0.39 is 24.1 Å². The van der Waals surface area contributed by atoms with Gasteiger partial charge in [0.1, 0.15) is 18.9 Å². The van der Waals surface area contributed by atoms with E-state index in [-0.39, 0.29) is 36.7 Å². The summed E-state index contributed by atoms with van der Waals surface area (Å²) in [5.41, 5.74) is 1.78. The normalized spacial score (nSPS) is 20.3. The van der Waals surface area contributed by atoms with Gasteiger partial charge in [0.2, 0.25) is 11.8 Å². The van der Waals surface area contributed by atoms with Gasteiger partial charge in [-0.2, -0.15) is 0 Å². The Labute approximate surface area is 189 Å². The number of aromatic nitrogens is 1. The van der Waals surface area contributed by atoms with Crippen LogP contribution in [0.25, 0.3) is 16.5 Å². The fraction of sp³-hybridized carbons (Fsp3) is 0.292.